The molecular weight excluding hydrogens is 500 g/mol. The zero-order chi connectivity index (χ0) is 23.5. The Kier molecular flexibility index (Phi) is 6.54. The Morgan fingerprint density at radius 2 is 2.12 bits per heavy atom. The maximum Gasteiger partial charge on any atom is 0.315 e. The largest absolute Gasteiger partial charge is 0.383 e. The Hall–Kier alpha value is -3.31. The van der Waals surface area contributed by atoms with E-state index in [2.05, 4.69) is 46.9 Å². The van der Waals surface area contributed by atoms with E-state index in [1.807, 2.05) is 35.0 Å². The average Bonchev–Trinajstić information content (AvgIpc) is 3.42. The van der Waals surface area contributed by atoms with Crippen molar-refractivity contribution in [1.29, 1.82) is 0 Å². The molecule has 0 radical (unpaired) electrons. The standard InChI is InChI=1S/C23H25BrN8O2/c1-34-10-9-26-23(33)29-16-5-4-15(12-16)28-22-27-13-18-20(24)31-32(21(18)30-22)17-6-7-19-14(11-17)3-2-8-25-19/h2-3,6-8,11,13,15-16H,4-5,9-10,12H2,1H3,(H2,26,29,33)(H,27,28,30)/t15-,16-/m1/s1. The zero-order valence-corrected chi connectivity index (χ0v) is 20.2. The number of amides is 2. The number of aromatic nitrogens is 5. The molecule has 3 aromatic heterocycles. The molecule has 2 amide bonds. The van der Waals surface area contributed by atoms with Crippen molar-refractivity contribution in [3.05, 3.63) is 47.3 Å². The molecule has 5 rings (SSSR count). The first-order chi connectivity index (χ1) is 16.6. The van der Waals surface area contributed by atoms with Gasteiger partial charge in [-0.25, -0.2) is 14.5 Å². The Labute approximate surface area is 204 Å². The molecule has 176 valence electrons. The minimum Gasteiger partial charge on any atom is -0.383 e. The summed E-state index contributed by atoms with van der Waals surface area (Å²) in [5.41, 5.74) is 2.53. The molecule has 1 aliphatic carbocycles. The van der Waals surface area contributed by atoms with Crippen LogP contribution in [-0.4, -0.2) is 63.1 Å². The van der Waals surface area contributed by atoms with E-state index in [4.69, 9.17) is 9.72 Å². The molecular formula is C23H25BrN8O2. The normalized spacial score (nSPS) is 17.8. The third-order valence-electron chi connectivity index (χ3n) is 5.90. The van der Waals surface area contributed by atoms with Crippen molar-refractivity contribution in [2.24, 2.45) is 0 Å². The first-order valence-electron chi connectivity index (χ1n) is 11.2. The van der Waals surface area contributed by atoms with E-state index in [1.54, 1.807) is 19.5 Å². The molecule has 0 unspecified atom stereocenters. The molecule has 4 aromatic rings. The fourth-order valence-corrected chi connectivity index (χ4v) is 4.68. The molecule has 2 atom stereocenters. The molecule has 1 aromatic carbocycles. The van der Waals surface area contributed by atoms with Crippen molar-refractivity contribution in [3.8, 4) is 5.69 Å². The summed E-state index contributed by atoms with van der Waals surface area (Å²) in [5.74, 6) is 0.541. The van der Waals surface area contributed by atoms with Crippen LogP contribution in [0, 0.1) is 0 Å². The summed E-state index contributed by atoms with van der Waals surface area (Å²) in [7, 11) is 1.61. The number of fused-ring (bicyclic) bond motifs is 2. The molecule has 1 fully saturated rings. The van der Waals surface area contributed by atoms with Gasteiger partial charge < -0.3 is 20.7 Å². The van der Waals surface area contributed by atoms with Crippen molar-refractivity contribution in [1.82, 2.24) is 35.4 Å². The van der Waals surface area contributed by atoms with Gasteiger partial charge in [-0.1, -0.05) is 6.07 Å². The van der Waals surface area contributed by atoms with Crippen LogP contribution < -0.4 is 16.0 Å². The molecule has 0 saturated heterocycles. The van der Waals surface area contributed by atoms with Gasteiger partial charge >= 0.3 is 6.03 Å². The van der Waals surface area contributed by atoms with Crippen LogP contribution in [0.15, 0.2) is 47.3 Å². The van der Waals surface area contributed by atoms with Crippen LogP contribution in [0.2, 0.25) is 0 Å². The number of nitrogens with zero attached hydrogens (tertiary/aromatic N) is 5. The second-order valence-electron chi connectivity index (χ2n) is 8.26. The maximum atomic E-state index is 12.0. The second-order valence-corrected chi connectivity index (χ2v) is 9.01. The highest BCUT2D eigenvalue weighted by molar-refractivity contribution is 9.10. The van der Waals surface area contributed by atoms with Gasteiger partial charge in [-0.05, 0) is 59.5 Å². The summed E-state index contributed by atoms with van der Waals surface area (Å²) < 4.78 is 7.45. The third kappa shape index (κ3) is 4.80. The minimum absolute atomic E-state index is 0.106. The Morgan fingerprint density at radius 1 is 1.24 bits per heavy atom. The van der Waals surface area contributed by atoms with E-state index >= 15 is 0 Å². The maximum absolute atomic E-state index is 12.0. The molecule has 10 nitrogen and oxygen atoms in total. The van der Waals surface area contributed by atoms with Crippen LogP contribution in [0.5, 0.6) is 0 Å². The molecule has 11 heteroatoms. The van der Waals surface area contributed by atoms with Crippen molar-refractivity contribution in [2.75, 3.05) is 25.6 Å². The predicted octanol–water partition coefficient (Wildman–Crippen LogP) is 3.40. The van der Waals surface area contributed by atoms with E-state index in [0.717, 1.165) is 41.2 Å². The highest BCUT2D eigenvalue weighted by Crippen LogP contribution is 2.27. The van der Waals surface area contributed by atoms with Gasteiger partial charge in [-0.15, -0.1) is 0 Å². The van der Waals surface area contributed by atoms with E-state index < -0.39 is 0 Å². The predicted molar refractivity (Wildman–Crippen MR) is 133 cm³/mol. The highest BCUT2D eigenvalue weighted by Gasteiger charge is 2.26. The summed E-state index contributed by atoms with van der Waals surface area (Å²) in [6, 6.07) is 10.1. The second kappa shape index (κ2) is 9.90. The van der Waals surface area contributed by atoms with Crippen LogP contribution in [0.1, 0.15) is 19.3 Å². The van der Waals surface area contributed by atoms with Gasteiger partial charge in [0.15, 0.2) is 5.65 Å². The lowest BCUT2D eigenvalue weighted by atomic mass is 10.2. The monoisotopic (exact) mass is 524 g/mol. The molecule has 0 aliphatic heterocycles. The third-order valence-corrected chi connectivity index (χ3v) is 6.49. The summed E-state index contributed by atoms with van der Waals surface area (Å²) in [6.45, 7) is 0.979. The number of hydrogen-bond donors (Lipinski definition) is 3. The number of pyridine rings is 1. The van der Waals surface area contributed by atoms with Gasteiger partial charge in [0.1, 0.15) is 4.60 Å². The first kappa shape index (κ1) is 22.5. The van der Waals surface area contributed by atoms with Crippen LogP contribution in [0.4, 0.5) is 10.7 Å². The van der Waals surface area contributed by atoms with Gasteiger partial charge in [0.2, 0.25) is 5.95 Å². The van der Waals surface area contributed by atoms with E-state index in [0.29, 0.717) is 29.4 Å². The number of carbonyl (C=O) groups excluding carboxylic acids is 1. The summed E-state index contributed by atoms with van der Waals surface area (Å²) in [6.07, 6.45) is 6.18. The number of benzene rings is 1. The lowest BCUT2D eigenvalue weighted by Gasteiger charge is -2.15. The average molecular weight is 525 g/mol. The van der Waals surface area contributed by atoms with Crippen molar-refractivity contribution in [3.63, 3.8) is 0 Å². The van der Waals surface area contributed by atoms with Crippen molar-refractivity contribution >= 4 is 49.8 Å². The number of rotatable bonds is 7. The fraction of sp³-hybridized carbons (Fsp3) is 0.348. The molecule has 0 bridgehead atoms. The van der Waals surface area contributed by atoms with Gasteiger partial charge in [0.25, 0.3) is 0 Å². The van der Waals surface area contributed by atoms with Crippen molar-refractivity contribution in [2.45, 2.75) is 31.3 Å². The SMILES string of the molecule is COCCNC(=O)N[C@@H]1CC[C@@H](Nc2ncc3c(Br)nn(-c4ccc5ncccc5c4)c3n2)C1. The number of halogens is 1. The Bertz CT molecular complexity index is 1330. The quantitative estimate of drug-likeness (QED) is 0.317. The molecule has 3 heterocycles. The van der Waals surface area contributed by atoms with E-state index in [-0.39, 0.29) is 18.1 Å². The van der Waals surface area contributed by atoms with Gasteiger partial charge in [0.05, 0.1) is 23.2 Å². The molecule has 0 spiro atoms. The van der Waals surface area contributed by atoms with Crippen LogP contribution in [0.25, 0.3) is 27.6 Å². The number of urea groups is 1. The molecule has 1 saturated carbocycles. The number of anilines is 1. The number of carbonyl (C=O) groups is 1. The molecule has 3 N–H and O–H groups in total. The van der Waals surface area contributed by atoms with E-state index in [1.165, 1.54) is 0 Å². The fourth-order valence-electron chi connectivity index (χ4n) is 4.24. The van der Waals surface area contributed by atoms with E-state index in [9.17, 15) is 4.79 Å². The topological polar surface area (TPSA) is 119 Å². The first-order valence-corrected chi connectivity index (χ1v) is 12.0. The van der Waals surface area contributed by atoms with Crippen molar-refractivity contribution < 1.29 is 9.53 Å². The Morgan fingerprint density at radius 3 is 3.00 bits per heavy atom. The van der Waals surface area contributed by atoms with Crippen LogP contribution in [-0.2, 0) is 4.74 Å². The molecule has 34 heavy (non-hydrogen) atoms. The van der Waals surface area contributed by atoms with Gasteiger partial charge in [-0.2, -0.15) is 10.1 Å². The van der Waals surface area contributed by atoms with Gasteiger partial charge in [-0.3, -0.25) is 4.98 Å². The highest BCUT2D eigenvalue weighted by atomic mass is 79.9. The lowest BCUT2D eigenvalue weighted by molar-refractivity contribution is 0.195. The number of ether oxygens (including phenoxy) is 1. The van der Waals surface area contributed by atoms with Crippen LogP contribution in [0.3, 0.4) is 0 Å². The molecule has 1 aliphatic rings. The van der Waals surface area contributed by atoms with Gasteiger partial charge in [0, 0.05) is 43.5 Å². The van der Waals surface area contributed by atoms with Crippen LogP contribution >= 0.6 is 15.9 Å². The lowest BCUT2D eigenvalue weighted by Crippen LogP contribution is -2.42. The number of methoxy groups -OCH3 is 1. The smallest absolute Gasteiger partial charge is 0.315 e. The number of hydrogen-bond acceptors (Lipinski definition) is 7. The zero-order valence-electron chi connectivity index (χ0n) is 18.7. The Balaban J connectivity index is 1.31. The summed E-state index contributed by atoms with van der Waals surface area (Å²) in [4.78, 5) is 25.7. The number of nitrogens with one attached hydrogen (secondary N) is 3. The summed E-state index contributed by atoms with van der Waals surface area (Å²) in [5, 5.41) is 15.7. The summed E-state index contributed by atoms with van der Waals surface area (Å²) >= 11 is 3.53. The minimum atomic E-state index is -0.167.